The van der Waals surface area contributed by atoms with Crippen LogP contribution in [-0.4, -0.2) is 21.7 Å². The molecular formula is C14H13N3O2. The van der Waals surface area contributed by atoms with Gasteiger partial charge in [0.25, 0.3) is 0 Å². The van der Waals surface area contributed by atoms with Crippen molar-refractivity contribution >= 4 is 18.3 Å². The Morgan fingerprint density at radius 2 is 2.05 bits per heavy atom. The van der Waals surface area contributed by atoms with Gasteiger partial charge in [0, 0.05) is 12.6 Å². The number of hydrogen-bond donors (Lipinski definition) is 1. The van der Waals surface area contributed by atoms with E-state index in [0.717, 1.165) is 17.4 Å². The molecule has 19 heavy (non-hydrogen) atoms. The Labute approximate surface area is 110 Å². The standard InChI is InChI=1S/C14H13N3O2/c15-14(19)6-5-11-1-3-12(4-2-11)8-17-10-16-7-13(17)9-18/h1-7,9-10H,8H2,(H2,15,19)/b6-5+. The van der Waals surface area contributed by atoms with Gasteiger partial charge >= 0.3 is 0 Å². The summed E-state index contributed by atoms with van der Waals surface area (Å²) in [5, 5.41) is 0. The van der Waals surface area contributed by atoms with Gasteiger partial charge in [-0.15, -0.1) is 0 Å². The van der Waals surface area contributed by atoms with Crippen LogP contribution >= 0.6 is 0 Å². The molecule has 0 unspecified atom stereocenters. The van der Waals surface area contributed by atoms with Gasteiger partial charge in [0.1, 0.15) is 5.69 Å². The minimum absolute atomic E-state index is 0.474. The van der Waals surface area contributed by atoms with Crippen molar-refractivity contribution in [3.05, 3.63) is 59.7 Å². The molecule has 0 bridgehead atoms. The molecule has 1 amide bonds. The molecule has 2 N–H and O–H groups in total. The van der Waals surface area contributed by atoms with Crippen LogP contribution in [0.3, 0.4) is 0 Å². The second-order valence-electron chi connectivity index (χ2n) is 4.04. The minimum atomic E-state index is -0.474. The molecule has 0 spiro atoms. The molecule has 1 aromatic heterocycles. The second-order valence-corrected chi connectivity index (χ2v) is 4.04. The van der Waals surface area contributed by atoms with Crippen LogP contribution in [0.1, 0.15) is 21.6 Å². The fourth-order valence-corrected chi connectivity index (χ4v) is 1.67. The summed E-state index contributed by atoms with van der Waals surface area (Å²) in [6, 6.07) is 7.61. The summed E-state index contributed by atoms with van der Waals surface area (Å²) in [7, 11) is 0. The summed E-state index contributed by atoms with van der Waals surface area (Å²) >= 11 is 0. The Bertz CT molecular complexity index is 612. The molecule has 0 saturated heterocycles. The highest BCUT2D eigenvalue weighted by atomic mass is 16.1. The molecule has 0 aliphatic rings. The smallest absolute Gasteiger partial charge is 0.241 e. The van der Waals surface area contributed by atoms with Gasteiger partial charge in [0.2, 0.25) is 5.91 Å². The third-order valence-corrected chi connectivity index (χ3v) is 2.64. The van der Waals surface area contributed by atoms with E-state index in [1.807, 2.05) is 24.3 Å². The van der Waals surface area contributed by atoms with Crippen LogP contribution in [0.15, 0.2) is 42.9 Å². The first kappa shape index (κ1) is 12.8. The van der Waals surface area contributed by atoms with Crippen LogP contribution < -0.4 is 5.73 Å². The van der Waals surface area contributed by atoms with Crippen LogP contribution in [-0.2, 0) is 11.3 Å². The second kappa shape index (κ2) is 5.77. The van der Waals surface area contributed by atoms with E-state index in [9.17, 15) is 9.59 Å². The van der Waals surface area contributed by atoms with E-state index in [1.54, 1.807) is 17.0 Å². The fraction of sp³-hybridized carbons (Fsp3) is 0.0714. The summed E-state index contributed by atoms with van der Waals surface area (Å²) in [5.41, 5.74) is 7.49. The zero-order valence-electron chi connectivity index (χ0n) is 10.2. The first-order valence-corrected chi connectivity index (χ1v) is 5.71. The van der Waals surface area contributed by atoms with E-state index in [2.05, 4.69) is 4.98 Å². The number of primary amides is 1. The lowest BCUT2D eigenvalue weighted by Gasteiger charge is -2.04. The number of aldehydes is 1. The normalized spacial score (nSPS) is 10.7. The maximum atomic E-state index is 10.8. The van der Waals surface area contributed by atoms with Gasteiger partial charge in [0.15, 0.2) is 6.29 Å². The zero-order valence-corrected chi connectivity index (χ0v) is 10.2. The van der Waals surface area contributed by atoms with E-state index in [4.69, 9.17) is 5.73 Å². The van der Waals surface area contributed by atoms with E-state index < -0.39 is 5.91 Å². The molecule has 2 rings (SSSR count). The lowest BCUT2D eigenvalue weighted by atomic mass is 10.1. The van der Waals surface area contributed by atoms with Crippen molar-refractivity contribution < 1.29 is 9.59 Å². The largest absolute Gasteiger partial charge is 0.366 e. The van der Waals surface area contributed by atoms with Crippen LogP contribution in [0.4, 0.5) is 0 Å². The monoisotopic (exact) mass is 255 g/mol. The van der Waals surface area contributed by atoms with E-state index in [-0.39, 0.29) is 0 Å². The maximum Gasteiger partial charge on any atom is 0.241 e. The number of rotatable bonds is 5. The predicted octanol–water partition coefficient (Wildman–Crippen LogP) is 1.24. The Morgan fingerprint density at radius 3 is 2.68 bits per heavy atom. The quantitative estimate of drug-likeness (QED) is 0.645. The number of nitrogens with zero attached hydrogens (tertiary/aromatic N) is 2. The number of benzene rings is 1. The third kappa shape index (κ3) is 3.38. The van der Waals surface area contributed by atoms with Gasteiger partial charge in [-0.2, -0.15) is 0 Å². The van der Waals surface area contributed by atoms with Gasteiger partial charge in [0.05, 0.1) is 12.5 Å². The van der Waals surface area contributed by atoms with Crippen molar-refractivity contribution in [2.45, 2.75) is 6.54 Å². The van der Waals surface area contributed by atoms with Crippen molar-refractivity contribution in [1.29, 1.82) is 0 Å². The van der Waals surface area contributed by atoms with Gasteiger partial charge in [-0.05, 0) is 17.2 Å². The SMILES string of the molecule is NC(=O)/C=C/c1ccc(Cn2cncc2C=O)cc1. The molecule has 0 aliphatic heterocycles. The number of hydrogen-bond acceptors (Lipinski definition) is 3. The van der Waals surface area contributed by atoms with Gasteiger partial charge < -0.3 is 10.3 Å². The molecule has 5 nitrogen and oxygen atoms in total. The number of nitrogens with two attached hydrogens (primary N) is 1. The Kier molecular flexibility index (Phi) is 3.87. The van der Waals surface area contributed by atoms with E-state index in [1.165, 1.54) is 12.3 Å². The summed E-state index contributed by atoms with van der Waals surface area (Å²) in [5.74, 6) is -0.474. The average molecular weight is 255 g/mol. The molecule has 0 radical (unpaired) electrons. The molecule has 1 heterocycles. The Hall–Kier alpha value is -2.69. The molecule has 5 heteroatoms. The first-order valence-electron chi connectivity index (χ1n) is 5.71. The van der Waals surface area contributed by atoms with Crippen LogP contribution in [0.25, 0.3) is 6.08 Å². The lowest BCUT2D eigenvalue weighted by molar-refractivity contribution is -0.113. The first-order chi connectivity index (χ1) is 9.19. The number of carbonyl (C=O) groups excluding carboxylic acids is 2. The minimum Gasteiger partial charge on any atom is -0.366 e. The van der Waals surface area contributed by atoms with E-state index >= 15 is 0 Å². The zero-order chi connectivity index (χ0) is 13.7. The third-order valence-electron chi connectivity index (χ3n) is 2.64. The topological polar surface area (TPSA) is 78.0 Å². The van der Waals surface area contributed by atoms with Crippen molar-refractivity contribution in [2.24, 2.45) is 5.73 Å². The molecule has 0 fully saturated rings. The summed E-state index contributed by atoms with van der Waals surface area (Å²) in [6.07, 6.45) is 6.88. The fourth-order valence-electron chi connectivity index (χ4n) is 1.67. The van der Waals surface area contributed by atoms with E-state index in [0.29, 0.717) is 12.2 Å². The highest BCUT2D eigenvalue weighted by Crippen LogP contribution is 2.09. The summed E-state index contributed by atoms with van der Waals surface area (Å²) in [6.45, 7) is 0.577. The van der Waals surface area contributed by atoms with Crippen LogP contribution in [0, 0.1) is 0 Å². The number of amides is 1. The van der Waals surface area contributed by atoms with Crippen molar-refractivity contribution in [1.82, 2.24) is 9.55 Å². The summed E-state index contributed by atoms with van der Waals surface area (Å²) in [4.78, 5) is 25.3. The van der Waals surface area contributed by atoms with Crippen molar-refractivity contribution in [3.8, 4) is 0 Å². The lowest BCUT2D eigenvalue weighted by Crippen LogP contribution is -2.05. The van der Waals surface area contributed by atoms with Crippen molar-refractivity contribution in [2.75, 3.05) is 0 Å². The highest BCUT2D eigenvalue weighted by molar-refractivity contribution is 5.90. The highest BCUT2D eigenvalue weighted by Gasteiger charge is 2.01. The van der Waals surface area contributed by atoms with Crippen LogP contribution in [0.5, 0.6) is 0 Å². The molecule has 0 atom stereocenters. The number of carbonyl (C=O) groups is 2. The van der Waals surface area contributed by atoms with Gasteiger partial charge in [-0.25, -0.2) is 4.98 Å². The predicted molar refractivity (Wildman–Crippen MR) is 71.4 cm³/mol. The summed E-state index contributed by atoms with van der Waals surface area (Å²) < 4.78 is 1.77. The van der Waals surface area contributed by atoms with Gasteiger partial charge in [-0.3, -0.25) is 9.59 Å². The molecule has 0 aliphatic carbocycles. The molecule has 1 aromatic carbocycles. The molecular weight excluding hydrogens is 242 g/mol. The maximum absolute atomic E-state index is 10.8. The molecule has 96 valence electrons. The van der Waals surface area contributed by atoms with Crippen molar-refractivity contribution in [3.63, 3.8) is 0 Å². The molecule has 0 saturated carbocycles. The average Bonchev–Trinajstić information content (AvgIpc) is 2.85. The Morgan fingerprint density at radius 1 is 1.32 bits per heavy atom. The Balaban J connectivity index is 2.11. The number of imidazole rings is 1. The number of aromatic nitrogens is 2. The molecule has 2 aromatic rings. The van der Waals surface area contributed by atoms with Gasteiger partial charge in [-0.1, -0.05) is 24.3 Å². The van der Waals surface area contributed by atoms with Crippen LogP contribution in [0.2, 0.25) is 0 Å².